The van der Waals surface area contributed by atoms with E-state index in [-0.39, 0.29) is 69.6 Å². The number of hydrogen-bond donors (Lipinski definition) is 0. The number of para-hydroxylation sites is 1. The highest BCUT2D eigenvalue weighted by Gasteiger charge is 2.32. The molecule has 4 aromatic rings. The fraction of sp³-hybridized carbons (Fsp3) is 0.267. The predicted octanol–water partition coefficient (Wildman–Crippen LogP) is 4.16. The number of nitrogens with zero attached hydrogens (tertiary/aromatic N) is 6. The molecule has 5 rings (SSSR count). The topological polar surface area (TPSA) is 109 Å². The average molecular weight is 643 g/mol. The number of sulfonamides is 1. The number of carbonyl (C=O) groups excluding carboxylic acids is 1. The maximum Gasteiger partial charge on any atom is 0.355 e. The zero-order valence-electron chi connectivity index (χ0n) is 24.4. The first kappa shape index (κ1) is 31.2. The van der Waals surface area contributed by atoms with Crippen molar-refractivity contribution in [2.24, 2.45) is 0 Å². The van der Waals surface area contributed by atoms with E-state index in [2.05, 4.69) is 16.5 Å². The zero-order valence-corrected chi connectivity index (χ0v) is 26.0. The molecule has 0 radical (unpaired) electrons. The Hall–Kier alpha value is -4.20. The normalized spacial score (nSPS) is 15.7. The summed E-state index contributed by atoms with van der Waals surface area (Å²) < 4.78 is 59.8. The van der Waals surface area contributed by atoms with Crippen molar-refractivity contribution in [3.63, 3.8) is 0 Å². The number of rotatable bonds is 6. The fourth-order valence-electron chi connectivity index (χ4n) is 5.35. The minimum atomic E-state index is -4.10. The van der Waals surface area contributed by atoms with Crippen LogP contribution in [-0.4, -0.2) is 77.8 Å². The molecule has 14 heteroatoms. The number of hydrogen-bond acceptors (Lipinski definition) is 7. The summed E-state index contributed by atoms with van der Waals surface area (Å²) in [4.78, 5) is 38.2. The highest BCUT2D eigenvalue weighted by atomic mass is 35.5. The second kappa shape index (κ2) is 11.7. The lowest BCUT2D eigenvalue weighted by molar-refractivity contribution is -0.126. The van der Waals surface area contributed by atoms with Gasteiger partial charge in [0, 0.05) is 39.8 Å². The maximum absolute atomic E-state index is 15.9. The zero-order chi connectivity index (χ0) is 32.1. The van der Waals surface area contributed by atoms with Gasteiger partial charge < -0.3 is 9.80 Å². The molecule has 1 fully saturated rings. The predicted molar refractivity (Wildman–Crippen MR) is 165 cm³/mol. The summed E-state index contributed by atoms with van der Waals surface area (Å²) in [5.74, 6) is -1.94. The van der Waals surface area contributed by atoms with Gasteiger partial charge in [0.1, 0.15) is 22.2 Å². The highest BCUT2D eigenvalue weighted by Crippen LogP contribution is 2.36. The van der Waals surface area contributed by atoms with E-state index in [0.29, 0.717) is 5.56 Å². The van der Waals surface area contributed by atoms with Crippen LogP contribution in [0, 0.1) is 18.6 Å². The molecule has 10 nitrogen and oxygen atoms in total. The molecule has 1 amide bonds. The standard InChI is InChI=1S/C30H29ClF2N6O4S/c1-6-24(40)37-13-14-38(18(3)16-37)28-19-15-22(33)26(25-20(31)10-8-11-21(25)32)34-29(19)39(30(41)35-28)27-17(2)9-7-12-23(27)44(42,43)36(4)5/h6-12,15,18H,1,13-14,16H2,2-5H3/t18-/m0/s1. The lowest BCUT2D eigenvalue weighted by Gasteiger charge is -2.40. The second-order valence-electron chi connectivity index (χ2n) is 10.6. The SMILES string of the molecule is C=CC(=O)N1CCN(c2nc(=O)n(-c3c(C)cccc3S(=O)(=O)N(C)C)c3nc(-c4c(F)cccc4Cl)c(F)cc23)[C@@H](C)C1. The Morgan fingerprint density at radius 3 is 2.45 bits per heavy atom. The Morgan fingerprint density at radius 1 is 1.11 bits per heavy atom. The van der Waals surface area contributed by atoms with Crippen molar-refractivity contribution in [1.82, 2.24) is 23.7 Å². The van der Waals surface area contributed by atoms with Crippen LogP contribution < -0.4 is 10.6 Å². The Bertz CT molecular complexity index is 1980. The quantitative estimate of drug-likeness (QED) is 0.291. The molecule has 44 heavy (non-hydrogen) atoms. The van der Waals surface area contributed by atoms with E-state index in [4.69, 9.17) is 11.6 Å². The third-order valence-electron chi connectivity index (χ3n) is 7.57. The number of aromatic nitrogens is 3. The Morgan fingerprint density at radius 2 is 1.82 bits per heavy atom. The van der Waals surface area contributed by atoms with Gasteiger partial charge in [0.2, 0.25) is 15.9 Å². The van der Waals surface area contributed by atoms with Crippen molar-refractivity contribution in [3.05, 3.63) is 87.8 Å². The summed E-state index contributed by atoms with van der Waals surface area (Å²) in [5, 5.41) is -0.0348. The van der Waals surface area contributed by atoms with Crippen LogP contribution in [0.15, 0.2) is 64.8 Å². The number of anilines is 1. The minimum absolute atomic E-state index is 0.0330. The number of aryl methyl sites for hydroxylation is 1. The van der Waals surface area contributed by atoms with E-state index in [1.54, 1.807) is 22.8 Å². The molecule has 0 unspecified atom stereocenters. The van der Waals surface area contributed by atoms with Gasteiger partial charge >= 0.3 is 5.69 Å². The summed E-state index contributed by atoms with van der Waals surface area (Å²) in [5.41, 5.74) is -1.47. The number of pyridine rings is 1. The molecular weight excluding hydrogens is 614 g/mol. The minimum Gasteiger partial charge on any atom is -0.350 e. The summed E-state index contributed by atoms with van der Waals surface area (Å²) in [6, 6.07) is 9.08. The van der Waals surface area contributed by atoms with Crippen LogP contribution in [-0.2, 0) is 14.8 Å². The largest absolute Gasteiger partial charge is 0.355 e. The van der Waals surface area contributed by atoms with E-state index in [0.717, 1.165) is 21.0 Å². The van der Waals surface area contributed by atoms with Crippen molar-refractivity contribution in [3.8, 4) is 16.9 Å². The van der Waals surface area contributed by atoms with Crippen molar-refractivity contribution in [2.45, 2.75) is 24.8 Å². The molecule has 2 aromatic carbocycles. The molecule has 0 aliphatic carbocycles. The van der Waals surface area contributed by atoms with Crippen molar-refractivity contribution in [1.29, 1.82) is 0 Å². The van der Waals surface area contributed by atoms with E-state index < -0.39 is 33.0 Å². The van der Waals surface area contributed by atoms with Gasteiger partial charge in [-0.2, -0.15) is 4.98 Å². The first-order valence-corrected chi connectivity index (χ1v) is 15.4. The molecule has 1 saturated heterocycles. The molecule has 0 saturated carbocycles. The number of piperazine rings is 1. The number of halogens is 3. The average Bonchev–Trinajstić information content (AvgIpc) is 2.97. The van der Waals surface area contributed by atoms with Gasteiger partial charge in [-0.25, -0.2) is 35.8 Å². The molecule has 0 spiro atoms. The van der Waals surface area contributed by atoms with Gasteiger partial charge in [0.15, 0.2) is 11.5 Å². The van der Waals surface area contributed by atoms with Crippen molar-refractivity contribution >= 4 is 44.4 Å². The Kier molecular flexibility index (Phi) is 8.31. The molecule has 0 N–H and O–H groups in total. The first-order valence-electron chi connectivity index (χ1n) is 13.6. The molecule has 2 aromatic heterocycles. The Labute approximate surface area is 257 Å². The number of fused-ring (bicyclic) bond motifs is 1. The van der Waals surface area contributed by atoms with Gasteiger partial charge in [0.05, 0.1) is 21.7 Å². The van der Waals surface area contributed by atoms with Crippen LogP contribution in [0.4, 0.5) is 14.6 Å². The summed E-state index contributed by atoms with van der Waals surface area (Å²) in [6.07, 6.45) is 1.22. The molecule has 1 atom stereocenters. The molecule has 3 heterocycles. The lowest BCUT2D eigenvalue weighted by Crippen LogP contribution is -2.54. The highest BCUT2D eigenvalue weighted by molar-refractivity contribution is 7.89. The third kappa shape index (κ3) is 5.24. The van der Waals surface area contributed by atoms with Crippen LogP contribution in [0.1, 0.15) is 12.5 Å². The number of carbonyl (C=O) groups is 1. The summed E-state index contributed by atoms with van der Waals surface area (Å²) in [6.45, 7) is 7.78. The van der Waals surface area contributed by atoms with Crippen LogP contribution in [0.5, 0.6) is 0 Å². The van der Waals surface area contributed by atoms with E-state index in [1.807, 2.05) is 6.92 Å². The van der Waals surface area contributed by atoms with Crippen molar-refractivity contribution in [2.75, 3.05) is 38.6 Å². The van der Waals surface area contributed by atoms with Gasteiger partial charge in [-0.15, -0.1) is 0 Å². The number of benzene rings is 2. The molecule has 1 aliphatic heterocycles. The van der Waals surface area contributed by atoms with Gasteiger partial charge in [-0.05, 0) is 49.8 Å². The Balaban J connectivity index is 1.87. The van der Waals surface area contributed by atoms with Crippen molar-refractivity contribution < 1.29 is 22.0 Å². The van der Waals surface area contributed by atoms with Gasteiger partial charge in [0.25, 0.3) is 0 Å². The molecule has 1 aliphatic rings. The van der Waals surface area contributed by atoms with Crippen LogP contribution in [0.3, 0.4) is 0 Å². The van der Waals surface area contributed by atoms with E-state index >= 15 is 8.78 Å². The van der Waals surface area contributed by atoms with E-state index in [9.17, 15) is 18.0 Å². The molecular formula is C30H29ClF2N6O4S. The maximum atomic E-state index is 15.9. The fourth-order valence-corrected chi connectivity index (χ4v) is 6.74. The first-order chi connectivity index (χ1) is 20.8. The lowest BCUT2D eigenvalue weighted by atomic mass is 10.1. The van der Waals surface area contributed by atoms with Crippen LogP contribution in [0.2, 0.25) is 5.02 Å². The summed E-state index contributed by atoms with van der Waals surface area (Å²) >= 11 is 6.28. The van der Waals surface area contributed by atoms with Gasteiger partial charge in [-0.3, -0.25) is 4.79 Å². The molecule has 230 valence electrons. The molecule has 0 bridgehead atoms. The van der Waals surface area contributed by atoms with E-state index in [1.165, 1.54) is 44.4 Å². The summed E-state index contributed by atoms with van der Waals surface area (Å²) in [7, 11) is -1.39. The monoisotopic (exact) mass is 642 g/mol. The second-order valence-corrected chi connectivity index (χ2v) is 13.1. The van der Waals surface area contributed by atoms with Gasteiger partial charge in [-0.1, -0.05) is 36.4 Å². The third-order valence-corrected chi connectivity index (χ3v) is 9.73. The smallest absolute Gasteiger partial charge is 0.350 e. The van der Waals surface area contributed by atoms with Crippen LogP contribution >= 0.6 is 11.6 Å². The number of amides is 1. The van der Waals surface area contributed by atoms with Crippen LogP contribution in [0.25, 0.3) is 28.0 Å².